The zero-order valence-corrected chi connectivity index (χ0v) is 42.0. The first-order valence-electron chi connectivity index (χ1n) is 25.3. The summed E-state index contributed by atoms with van der Waals surface area (Å²) in [5.74, 6) is -1.60. The van der Waals surface area contributed by atoms with Gasteiger partial charge in [0.1, 0.15) is 17.5 Å². The van der Waals surface area contributed by atoms with E-state index in [1.165, 1.54) is 10.6 Å². The molecule has 8 heterocycles. The SMILES string of the molecule is Cc1cc(C(=O)N2CCC(CN3CCN(Cc4ccc5c(c4)C(C)(C)C(=O)N5[C@@H]4CCC(=O)NC4=O)C[C@@H]3C)CC2)cc(F)c1C1=CCN([C@@H](C)c2cc3c(-n4cc(F)c(N)cc4=O)ccnc3n2C)CC1. The van der Waals surface area contributed by atoms with Crippen LogP contribution in [0.15, 0.2) is 71.8 Å². The van der Waals surface area contributed by atoms with Gasteiger partial charge in [0.25, 0.3) is 11.5 Å². The van der Waals surface area contributed by atoms with Crippen LogP contribution in [0.1, 0.15) is 104 Å². The van der Waals surface area contributed by atoms with E-state index < -0.39 is 28.7 Å². The summed E-state index contributed by atoms with van der Waals surface area (Å²) in [6, 6.07) is 13.7. The number of anilines is 2. The number of rotatable bonds is 10. The number of hydrogen-bond acceptors (Lipinski definition) is 10. The second kappa shape index (κ2) is 19.1. The van der Waals surface area contributed by atoms with Crippen LogP contribution >= 0.6 is 0 Å². The van der Waals surface area contributed by atoms with Crippen molar-refractivity contribution in [2.45, 2.75) is 96.8 Å². The predicted molar refractivity (Wildman–Crippen MR) is 272 cm³/mol. The lowest BCUT2D eigenvalue weighted by atomic mass is 9.85. The average Bonchev–Trinajstić information content (AvgIpc) is 3.79. The van der Waals surface area contributed by atoms with Crippen LogP contribution in [0.2, 0.25) is 0 Å². The van der Waals surface area contributed by atoms with Gasteiger partial charge in [-0.3, -0.25) is 53.5 Å². The highest BCUT2D eigenvalue weighted by Crippen LogP contribution is 2.44. The highest BCUT2D eigenvalue weighted by atomic mass is 19.1. The quantitative estimate of drug-likeness (QED) is 0.154. The molecule has 0 bridgehead atoms. The molecule has 2 aromatic carbocycles. The third-order valence-electron chi connectivity index (χ3n) is 16.2. The van der Waals surface area contributed by atoms with Gasteiger partial charge in [0.2, 0.25) is 17.7 Å². The molecule has 17 heteroatoms. The number of nitrogens with two attached hydrogens (primary N) is 1. The molecule has 72 heavy (non-hydrogen) atoms. The van der Waals surface area contributed by atoms with Gasteiger partial charge in [-0.1, -0.05) is 18.2 Å². The lowest BCUT2D eigenvalue weighted by Gasteiger charge is -2.42. The molecule has 5 aliphatic heterocycles. The number of halogens is 2. The maximum Gasteiger partial charge on any atom is 0.257 e. The minimum atomic E-state index is -0.789. The van der Waals surface area contributed by atoms with Crippen LogP contribution in [-0.2, 0) is 33.4 Å². The first-order chi connectivity index (χ1) is 34.4. The second-order valence-electron chi connectivity index (χ2n) is 21.2. The van der Waals surface area contributed by atoms with Crippen LogP contribution in [0.4, 0.5) is 20.2 Å². The van der Waals surface area contributed by atoms with Crippen LogP contribution < -0.4 is 21.5 Å². The molecule has 3 atom stereocenters. The van der Waals surface area contributed by atoms with Gasteiger partial charge >= 0.3 is 0 Å². The standard InChI is InChI=1S/C55H64F2N10O5/c1-32-23-38(25-41(56)50(32)37-14-19-63(20-15-37)34(3)47-26-39-44(11-16-59-51(39)61(47)6)66-31-42(57)43(58)27-49(66)69)53(71)64-17-12-35(13-18-64)30-65-22-21-62(28-33(65)2)29-36-7-8-45-40(24-36)55(4,5)54(72)67(45)46-9-10-48(68)60-52(46)70/h7-8,11,14,16,23-27,31,33-35,46H,9-10,12-13,15,17-22,28-30,58H2,1-6H3,(H,60,68,70)/t33-,34-,46+/m0/s1. The van der Waals surface area contributed by atoms with Gasteiger partial charge in [0, 0.05) is 125 Å². The van der Waals surface area contributed by atoms with Crippen LogP contribution in [0.3, 0.4) is 0 Å². The number of fused-ring (bicyclic) bond motifs is 2. The molecular weight excluding hydrogens is 919 g/mol. The summed E-state index contributed by atoms with van der Waals surface area (Å²) in [6.45, 7) is 17.0. The summed E-state index contributed by atoms with van der Waals surface area (Å²) in [6.07, 6.45) is 7.70. The normalized spacial score (nSPS) is 21.8. The van der Waals surface area contributed by atoms with E-state index in [0.717, 1.165) is 91.5 Å². The van der Waals surface area contributed by atoms with E-state index in [-0.39, 0.29) is 41.7 Å². The number of piperidine rings is 2. The third kappa shape index (κ3) is 8.93. The summed E-state index contributed by atoms with van der Waals surface area (Å²) in [5, 5.41) is 3.11. The van der Waals surface area contributed by atoms with E-state index in [2.05, 4.69) is 57.1 Å². The van der Waals surface area contributed by atoms with E-state index in [9.17, 15) is 28.4 Å². The van der Waals surface area contributed by atoms with E-state index >= 15 is 4.39 Å². The minimum absolute atomic E-state index is 0.0564. The zero-order valence-electron chi connectivity index (χ0n) is 42.0. The molecule has 5 aromatic rings. The number of aryl methyl sites for hydroxylation is 2. The molecule has 0 aliphatic carbocycles. The highest BCUT2D eigenvalue weighted by Gasteiger charge is 2.49. The maximum absolute atomic E-state index is 16.1. The summed E-state index contributed by atoms with van der Waals surface area (Å²) in [4.78, 5) is 80.3. The van der Waals surface area contributed by atoms with Crippen LogP contribution in [-0.4, -0.2) is 122 Å². The second-order valence-corrected chi connectivity index (χ2v) is 21.2. The number of amides is 4. The van der Waals surface area contributed by atoms with Gasteiger partial charge in [0.15, 0.2) is 5.82 Å². The van der Waals surface area contributed by atoms with Crippen molar-refractivity contribution in [2.24, 2.45) is 13.0 Å². The van der Waals surface area contributed by atoms with E-state index in [1.54, 1.807) is 17.2 Å². The first-order valence-corrected chi connectivity index (χ1v) is 25.3. The average molecular weight is 983 g/mol. The van der Waals surface area contributed by atoms with Gasteiger partial charge in [-0.05, 0) is 119 Å². The Kier molecular flexibility index (Phi) is 13.0. The molecule has 3 aromatic heterocycles. The third-order valence-corrected chi connectivity index (χ3v) is 16.2. The summed E-state index contributed by atoms with van der Waals surface area (Å²) in [5.41, 5.74) is 11.7. The largest absolute Gasteiger partial charge is 0.396 e. The van der Waals surface area contributed by atoms with Crippen LogP contribution in [0, 0.1) is 24.5 Å². The fraction of sp³-hybridized carbons (Fsp3) is 0.455. The number of nitrogen functional groups attached to an aromatic ring is 1. The van der Waals surface area contributed by atoms with Crippen molar-refractivity contribution in [1.29, 1.82) is 0 Å². The maximum atomic E-state index is 16.1. The predicted octanol–water partition coefficient (Wildman–Crippen LogP) is 6.23. The topological polar surface area (TPSA) is 162 Å². The van der Waals surface area contributed by atoms with Crippen molar-refractivity contribution >= 4 is 51.6 Å². The van der Waals surface area contributed by atoms with Crippen molar-refractivity contribution in [3.05, 3.63) is 123 Å². The van der Waals surface area contributed by atoms with Crippen LogP contribution in [0.25, 0.3) is 22.3 Å². The van der Waals surface area contributed by atoms with Gasteiger partial charge in [-0.15, -0.1) is 0 Å². The van der Waals surface area contributed by atoms with Crippen LogP contribution in [0.5, 0.6) is 0 Å². The number of aromatic nitrogens is 3. The molecule has 15 nitrogen and oxygen atoms in total. The van der Waals surface area contributed by atoms with E-state index in [1.807, 2.05) is 55.5 Å². The molecule has 3 fully saturated rings. The smallest absolute Gasteiger partial charge is 0.257 e. The molecule has 0 saturated carbocycles. The fourth-order valence-corrected chi connectivity index (χ4v) is 12.0. The van der Waals surface area contributed by atoms with Gasteiger partial charge in [0.05, 0.1) is 23.0 Å². The number of nitrogens with zero attached hydrogens (tertiary/aromatic N) is 8. The number of pyridine rings is 2. The van der Waals surface area contributed by atoms with E-state index in [0.29, 0.717) is 78.8 Å². The van der Waals surface area contributed by atoms with Crippen molar-refractivity contribution in [1.82, 2.24) is 39.0 Å². The number of imide groups is 1. The molecule has 3 saturated heterocycles. The molecule has 0 spiro atoms. The van der Waals surface area contributed by atoms with Crippen molar-refractivity contribution in [3.8, 4) is 5.69 Å². The molecule has 0 radical (unpaired) electrons. The Morgan fingerprint density at radius 3 is 2.42 bits per heavy atom. The molecule has 4 amide bonds. The number of nitrogens with one attached hydrogen (secondary N) is 1. The number of likely N-dealkylation sites (tertiary alicyclic amines) is 1. The number of piperazine rings is 1. The Bertz CT molecular complexity index is 3090. The monoisotopic (exact) mass is 983 g/mol. The molecule has 0 unspecified atom stereocenters. The molecule has 5 aliphatic rings. The fourth-order valence-electron chi connectivity index (χ4n) is 12.0. The van der Waals surface area contributed by atoms with Gasteiger partial charge in [-0.2, -0.15) is 0 Å². The Hall–Kier alpha value is -6.56. The molecule has 3 N–H and O–H groups in total. The summed E-state index contributed by atoms with van der Waals surface area (Å²) >= 11 is 0. The van der Waals surface area contributed by atoms with Crippen molar-refractivity contribution < 1.29 is 28.0 Å². The lowest BCUT2D eigenvalue weighted by molar-refractivity contribution is -0.136. The Labute approximate surface area is 418 Å². The first kappa shape index (κ1) is 49.0. The number of carbonyl (C=O) groups is 4. The van der Waals surface area contributed by atoms with Crippen molar-refractivity contribution in [2.75, 3.05) is 63.0 Å². The Balaban J connectivity index is 0.718. The molecule has 378 valence electrons. The number of benzene rings is 2. The van der Waals surface area contributed by atoms with E-state index in [4.69, 9.17) is 5.73 Å². The molecule has 10 rings (SSSR count). The number of carbonyl (C=O) groups excluding carboxylic acids is 4. The Morgan fingerprint density at radius 2 is 1.71 bits per heavy atom. The van der Waals surface area contributed by atoms with Gasteiger partial charge in [-0.25, -0.2) is 13.8 Å². The lowest BCUT2D eigenvalue weighted by Crippen LogP contribution is -2.55. The highest BCUT2D eigenvalue weighted by molar-refractivity contribution is 6.13. The molecular formula is C55H64F2N10O5. The number of hydrogen-bond donors (Lipinski definition) is 2. The summed E-state index contributed by atoms with van der Waals surface area (Å²) in [7, 11) is 1.92. The van der Waals surface area contributed by atoms with Crippen molar-refractivity contribution in [3.63, 3.8) is 0 Å². The van der Waals surface area contributed by atoms with Gasteiger partial charge < -0.3 is 15.2 Å². The zero-order chi connectivity index (χ0) is 50.9. The Morgan fingerprint density at radius 1 is 0.931 bits per heavy atom. The minimum Gasteiger partial charge on any atom is -0.396 e. The summed E-state index contributed by atoms with van der Waals surface area (Å²) < 4.78 is 33.8.